The van der Waals surface area contributed by atoms with Crippen molar-refractivity contribution in [3.05, 3.63) is 0 Å². The van der Waals surface area contributed by atoms with Crippen LogP contribution in [0, 0.1) is 107 Å². The van der Waals surface area contributed by atoms with Crippen LogP contribution in [0.3, 0.4) is 0 Å². The summed E-state index contributed by atoms with van der Waals surface area (Å²) in [5.74, 6) is 38.6. The van der Waals surface area contributed by atoms with Crippen molar-refractivity contribution in [1.29, 1.82) is 0 Å². The number of urea groups is 2. The highest BCUT2D eigenvalue weighted by Crippen LogP contribution is 2.04. The van der Waals surface area contributed by atoms with E-state index in [1.807, 2.05) is 0 Å². The van der Waals surface area contributed by atoms with Gasteiger partial charge in [0, 0.05) is 119 Å². The number of nitrogens with one attached hydrogen (secondary N) is 5. The van der Waals surface area contributed by atoms with E-state index in [1.165, 1.54) is 19.1 Å². The number of ether oxygens (including phenoxy) is 4. The summed E-state index contributed by atoms with van der Waals surface area (Å²) in [6.45, 7) is 2.77. The molecule has 0 spiro atoms. The summed E-state index contributed by atoms with van der Waals surface area (Å²) in [7, 11) is 2.83. The van der Waals surface area contributed by atoms with Gasteiger partial charge < -0.3 is 45.5 Å². The minimum Gasteiger partial charge on any atom is -0.453 e. The zero-order chi connectivity index (χ0) is 43.3. The van der Waals surface area contributed by atoms with Gasteiger partial charge in [0.1, 0.15) is 12.7 Å². The Morgan fingerprint density at radius 3 is 1.32 bits per heavy atom. The smallest absolute Gasteiger partial charge is 0.421 e. The fourth-order valence-electron chi connectivity index (χ4n) is 4.14. The number of hydrogen-bond donors (Lipinski definition) is 5. The van der Waals surface area contributed by atoms with Crippen LogP contribution in [0.1, 0.15) is 96.3 Å². The van der Waals surface area contributed by atoms with E-state index in [0.717, 1.165) is 38.5 Å². The molecule has 15 heteroatoms. The Labute approximate surface area is 375 Å². The predicted octanol–water partition coefficient (Wildman–Crippen LogP) is 7.50. The van der Waals surface area contributed by atoms with Gasteiger partial charge in [0.2, 0.25) is 0 Å². The Bertz CT molecular complexity index is 1960. The number of unbranched alkanes of at least 4 members (excludes halogenated alkanes) is 8. The molecule has 0 aromatic heterocycles. The first-order valence-electron chi connectivity index (χ1n) is 18.8. The Hall–Kier alpha value is -7.45. The third-order valence-electron chi connectivity index (χ3n) is 6.96. The van der Waals surface area contributed by atoms with Crippen molar-refractivity contribution in [1.82, 2.24) is 31.5 Å². The van der Waals surface area contributed by atoms with Crippen molar-refractivity contribution >= 4 is 30.3 Å². The van der Waals surface area contributed by atoms with Gasteiger partial charge >= 0.3 is 30.3 Å². The van der Waals surface area contributed by atoms with Crippen LogP contribution in [0.15, 0.2) is 0 Å². The molecule has 346 valence electrons. The Kier molecular flexibility index (Phi) is 35.1. The van der Waals surface area contributed by atoms with Gasteiger partial charge in [0.15, 0.2) is 0 Å². The quantitative estimate of drug-likeness (QED) is 0.0395. The van der Waals surface area contributed by atoms with Crippen molar-refractivity contribution in [3.63, 3.8) is 0 Å². The molecule has 7 amide bonds. The molecule has 15 nitrogen and oxygen atoms in total. The largest absolute Gasteiger partial charge is 0.453 e. The summed E-state index contributed by atoms with van der Waals surface area (Å²) < 4.78 is 19.1. The van der Waals surface area contributed by atoms with Crippen LogP contribution < -0.4 is 26.6 Å². The molecule has 0 aliphatic rings. The van der Waals surface area contributed by atoms with Crippen LogP contribution >= 0.6 is 0 Å². The molecule has 0 bridgehead atoms. The van der Waals surface area contributed by atoms with Gasteiger partial charge in [-0.1, -0.05) is 25.7 Å². The van der Waals surface area contributed by atoms with Crippen molar-refractivity contribution < 1.29 is 68.6 Å². The molecule has 0 saturated heterocycles. The number of amides is 7. The average Bonchev–Trinajstić information content (AvgIpc) is 3.23. The molecule has 0 unspecified atom stereocenters. The van der Waals surface area contributed by atoms with Gasteiger partial charge in [-0.15, -0.1) is 6.42 Å². The normalized spacial score (nSPS) is 8.42. The standard InChI is InChI=1S/C44H50N6O9.18H2/c1-4-5-6-7-8-9-10-11-12-13-14-15-16-17-22-30-37-58-43(54)48-35-28-23-27-32-46-41(52)50(36-29-21-20-26-33-47-42(53)57-3)40(51)45-31-24-18-19-25-34-49-44(55)59-39-38-56-2;;;;;;;;;;;;;;;;;;/h1H,18-21,23-29,31-36,38-39H2,2-3H3,(H,45,51)(H,46,52)(H,47,53)(H,48,54)(H,49,55);18*1H. The molecule has 0 heterocycles. The molecule has 5 N–H and O–H groups in total. The highest BCUT2D eigenvalue weighted by atomic mass is 16.6. The van der Waals surface area contributed by atoms with Gasteiger partial charge in [-0.2, -0.15) is 0 Å². The average molecular weight is 843 g/mol. The molecule has 0 aromatic rings. The zero-order valence-corrected chi connectivity index (χ0v) is 33.6. The van der Waals surface area contributed by atoms with Gasteiger partial charge in [-0.25, -0.2) is 28.9 Å². The number of alkyl carbamates (subject to hydrolysis) is 3. The van der Waals surface area contributed by atoms with Gasteiger partial charge in [-0.3, -0.25) is 0 Å². The Morgan fingerprint density at radius 2 is 0.864 bits per heavy atom. The zero-order valence-electron chi connectivity index (χ0n) is 33.6. The van der Waals surface area contributed by atoms with E-state index < -0.39 is 30.3 Å². The van der Waals surface area contributed by atoms with Gasteiger partial charge in [0.25, 0.3) is 0 Å². The second-order valence-electron chi connectivity index (χ2n) is 11.4. The molecule has 0 radical (unpaired) electrons. The third kappa shape index (κ3) is 36.0. The van der Waals surface area contributed by atoms with Crippen molar-refractivity contribution in [2.75, 3.05) is 66.7 Å². The molecule has 59 heavy (non-hydrogen) atoms. The van der Waals surface area contributed by atoms with E-state index in [-0.39, 0.29) is 38.8 Å². The molecule has 0 rings (SSSR count). The molecular formula is C44H86N6O9. The number of carbonyl (C=O) groups is 5. The molecule has 0 fully saturated rings. The number of terminal acetylenes is 1. The van der Waals surface area contributed by atoms with Crippen LogP contribution in [0.2, 0.25) is 0 Å². The SMILES string of the molecule is C#CC#CC#CC#CC#CC#CC#CC#CC#COC(=O)NCCCCCNC(=O)N(CCCCCCNC(=O)OC)C(=O)NCCCCCCNC(=O)OCCOC.[HH].[HH].[HH].[HH].[HH].[HH].[HH].[HH].[HH].[HH].[HH].[HH].[HH].[HH].[HH].[HH].[HH].[HH]. The van der Waals surface area contributed by atoms with Crippen molar-refractivity contribution in [2.24, 2.45) is 0 Å². The van der Waals surface area contributed by atoms with E-state index in [0.29, 0.717) is 71.4 Å². The van der Waals surface area contributed by atoms with Gasteiger partial charge in [0.05, 0.1) is 13.7 Å². The minimum absolute atomic E-state index is 0. The first kappa shape index (κ1) is 51.5. The van der Waals surface area contributed by atoms with E-state index in [1.54, 1.807) is 0 Å². The minimum atomic E-state index is -0.730. The Morgan fingerprint density at radius 1 is 0.475 bits per heavy atom. The Balaban J connectivity index is -0.000000110. The summed E-state index contributed by atoms with van der Waals surface area (Å²) in [6.07, 6.45) is 13.4. The number of imide groups is 1. The van der Waals surface area contributed by atoms with E-state index >= 15 is 0 Å². The molecule has 0 aliphatic heterocycles. The summed E-state index contributed by atoms with van der Waals surface area (Å²) >= 11 is 0. The number of nitrogens with zero attached hydrogens (tertiary/aromatic N) is 1. The lowest BCUT2D eigenvalue weighted by Crippen LogP contribution is -2.49. The molecular weight excluding hydrogens is 757 g/mol. The summed E-state index contributed by atoms with van der Waals surface area (Å²) in [6, 6.07) is -0.978. The number of carbonyl (C=O) groups excluding carboxylic acids is 5. The third-order valence-corrected chi connectivity index (χ3v) is 6.96. The molecule has 0 aromatic carbocycles. The topological polar surface area (TPSA) is 186 Å². The molecule has 0 aliphatic carbocycles. The molecule has 0 saturated carbocycles. The first-order valence-corrected chi connectivity index (χ1v) is 18.8. The lowest BCUT2D eigenvalue weighted by molar-refractivity contribution is 0.0985. The second-order valence-corrected chi connectivity index (χ2v) is 11.4. The van der Waals surface area contributed by atoms with Gasteiger partial charge in [-0.05, 0) is 92.3 Å². The van der Waals surface area contributed by atoms with E-state index in [4.69, 9.17) is 20.6 Å². The maximum atomic E-state index is 13.0. The van der Waals surface area contributed by atoms with Crippen LogP contribution in [-0.2, 0) is 18.9 Å². The van der Waals surface area contributed by atoms with Crippen LogP contribution in [0.5, 0.6) is 0 Å². The van der Waals surface area contributed by atoms with Crippen LogP contribution in [0.25, 0.3) is 0 Å². The fraction of sp³-hybridized carbons (Fsp3) is 0.477. The fourth-order valence-corrected chi connectivity index (χ4v) is 4.14. The highest BCUT2D eigenvalue weighted by molar-refractivity contribution is 5.93. The predicted molar refractivity (Wildman–Crippen MR) is 260 cm³/mol. The lowest BCUT2D eigenvalue weighted by Gasteiger charge is -2.22. The van der Waals surface area contributed by atoms with Crippen molar-refractivity contribution in [2.45, 2.75) is 70.6 Å². The molecule has 0 atom stereocenters. The van der Waals surface area contributed by atoms with Crippen molar-refractivity contribution in [3.8, 4) is 107 Å². The highest BCUT2D eigenvalue weighted by Gasteiger charge is 2.20. The van der Waals surface area contributed by atoms with E-state index in [2.05, 4.69) is 132 Å². The van der Waals surface area contributed by atoms with Crippen LogP contribution in [-0.4, -0.2) is 102 Å². The van der Waals surface area contributed by atoms with Crippen LogP contribution in [0.4, 0.5) is 24.0 Å². The first-order chi connectivity index (χ1) is 28.8. The summed E-state index contributed by atoms with van der Waals surface area (Å²) in [4.78, 5) is 61.7. The number of methoxy groups -OCH3 is 2. The maximum absolute atomic E-state index is 13.0. The maximum Gasteiger partial charge on any atom is 0.421 e. The second kappa shape index (κ2) is 40.2. The lowest BCUT2D eigenvalue weighted by atomic mass is 10.2. The monoisotopic (exact) mass is 843 g/mol. The number of hydrogen-bond acceptors (Lipinski definition) is 9. The summed E-state index contributed by atoms with van der Waals surface area (Å²) in [5.41, 5.74) is 0. The number of rotatable bonds is 23. The van der Waals surface area contributed by atoms with E-state index in [9.17, 15) is 24.0 Å². The summed E-state index contributed by atoms with van der Waals surface area (Å²) in [5, 5.41) is 13.5.